The molecule has 0 saturated carbocycles. The molecule has 1 fully saturated rings. The van der Waals surface area contributed by atoms with Crippen molar-refractivity contribution < 1.29 is 19.0 Å². The van der Waals surface area contributed by atoms with E-state index in [1.54, 1.807) is 0 Å². The van der Waals surface area contributed by atoms with Crippen molar-refractivity contribution in [3.05, 3.63) is 34.6 Å². The van der Waals surface area contributed by atoms with Crippen molar-refractivity contribution in [3.8, 4) is 0 Å². The lowest BCUT2D eigenvalue weighted by Crippen LogP contribution is -2.45. The average molecular weight is 317 g/mol. The highest BCUT2D eigenvalue weighted by Gasteiger charge is 2.17. The summed E-state index contributed by atoms with van der Waals surface area (Å²) in [6.07, 6.45) is 0.564. The number of hydrogen-bond acceptors (Lipinski definition) is 3. The lowest BCUT2D eigenvalue weighted by atomic mass is 10.1. The molecule has 2 amide bonds. The SMILES string of the molecule is O=C(NCC(O)c1ccc(Cl)c(F)c1)NC1CCOCC1. The lowest BCUT2D eigenvalue weighted by molar-refractivity contribution is 0.0798. The van der Waals surface area contributed by atoms with E-state index in [1.165, 1.54) is 12.1 Å². The fourth-order valence-corrected chi connectivity index (χ4v) is 2.22. The van der Waals surface area contributed by atoms with Gasteiger partial charge in [0.05, 0.1) is 11.1 Å². The van der Waals surface area contributed by atoms with Gasteiger partial charge in [0, 0.05) is 25.8 Å². The summed E-state index contributed by atoms with van der Waals surface area (Å²) in [6, 6.07) is 3.79. The molecule has 1 aliphatic heterocycles. The molecule has 1 aliphatic rings. The van der Waals surface area contributed by atoms with Gasteiger partial charge in [-0.3, -0.25) is 0 Å². The van der Waals surface area contributed by atoms with E-state index in [0.29, 0.717) is 18.8 Å². The Morgan fingerprint density at radius 1 is 1.48 bits per heavy atom. The van der Waals surface area contributed by atoms with Gasteiger partial charge in [-0.2, -0.15) is 0 Å². The van der Waals surface area contributed by atoms with Crippen molar-refractivity contribution in [2.45, 2.75) is 25.0 Å². The predicted molar refractivity (Wildman–Crippen MR) is 76.7 cm³/mol. The van der Waals surface area contributed by atoms with E-state index in [0.717, 1.165) is 18.9 Å². The largest absolute Gasteiger partial charge is 0.387 e. The maximum absolute atomic E-state index is 13.3. The molecule has 116 valence electrons. The van der Waals surface area contributed by atoms with Crippen molar-refractivity contribution in [2.24, 2.45) is 0 Å². The van der Waals surface area contributed by atoms with Gasteiger partial charge < -0.3 is 20.5 Å². The molecule has 7 heteroatoms. The monoisotopic (exact) mass is 316 g/mol. The number of urea groups is 1. The molecule has 0 radical (unpaired) electrons. The number of carbonyl (C=O) groups excluding carboxylic acids is 1. The Morgan fingerprint density at radius 2 is 2.19 bits per heavy atom. The fourth-order valence-electron chi connectivity index (χ4n) is 2.11. The molecule has 1 aromatic carbocycles. The van der Waals surface area contributed by atoms with E-state index in [1.807, 2.05) is 0 Å². The first-order chi connectivity index (χ1) is 10.1. The lowest BCUT2D eigenvalue weighted by Gasteiger charge is -2.23. The van der Waals surface area contributed by atoms with Crippen LogP contribution in [0.2, 0.25) is 5.02 Å². The summed E-state index contributed by atoms with van der Waals surface area (Å²) in [4.78, 5) is 11.7. The molecule has 0 spiro atoms. The summed E-state index contributed by atoms with van der Waals surface area (Å²) in [5, 5.41) is 15.3. The Balaban J connectivity index is 1.78. The molecule has 1 heterocycles. The Morgan fingerprint density at radius 3 is 2.86 bits per heavy atom. The fraction of sp³-hybridized carbons (Fsp3) is 0.500. The molecule has 0 aromatic heterocycles. The first-order valence-electron chi connectivity index (χ1n) is 6.81. The van der Waals surface area contributed by atoms with E-state index in [9.17, 15) is 14.3 Å². The highest BCUT2D eigenvalue weighted by molar-refractivity contribution is 6.30. The summed E-state index contributed by atoms with van der Waals surface area (Å²) in [5.41, 5.74) is 0.364. The van der Waals surface area contributed by atoms with E-state index >= 15 is 0 Å². The van der Waals surface area contributed by atoms with Crippen LogP contribution in [0.15, 0.2) is 18.2 Å². The number of nitrogens with one attached hydrogen (secondary N) is 2. The second kappa shape index (κ2) is 7.59. The van der Waals surface area contributed by atoms with Crippen LogP contribution in [0.25, 0.3) is 0 Å². The summed E-state index contributed by atoms with van der Waals surface area (Å²) in [5.74, 6) is -0.597. The molecule has 1 atom stereocenters. The number of ether oxygens (including phenoxy) is 1. The third kappa shape index (κ3) is 4.84. The minimum absolute atomic E-state index is 0.00355. The highest BCUT2D eigenvalue weighted by Crippen LogP contribution is 2.19. The number of hydrogen-bond donors (Lipinski definition) is 3. The quantitative estimate of drug-likeness (QED) is 0.795. The van der Waals surface area contributed by atoms with Gasteiger partial charge >= 0.3 is 6.03 Å². The molecule has 1 unspecified atom stereocenters. The molecule has 0 bridgehead atoms. The molecular weight excluding hydrogens is 299 g/mol. The second-order valence-electron chi connectivity index (χ2n) is 4.93. The van der Waals surface area contributed by atoms with Crippen molar-refractivity contribution in [2.75, 3.05) is 19.8 Å². The summed E-state index contributed by atoms with van der Waals surface area (Å²) in [7, 11) is 0. The number of benzene rings is 1. The number of aliphatic hydroxyl groups excluding tert-OH is 1. The van der Waals surface area contributed by atoms with Crippen LogP contribution in [0.4, 0.5) is 9.18 Å². The minimum atomic E-state index is -0.989. The van der Waals surface area contributed by atoms with Crippen LogP contribution in [-0.2, 0) is 4.74 Å². The Labute approximate surface area is 127 Å². The van der Waals surface area contributed by atoms with Gasteiger partial charge in [-0.05, 0) is 30.5 Å². The molecule has 5 nitrogen and oxygen atoms in total. The van der Waals surface area contributed by atoms with Crippen molar-refractivity contribution in [3.63, 3.8) is 0 Å². The van der Waals surface area contributed by atoms with E-state index in [4.69, 9.17) is 16.3 Å². The minimum Gasteiger partial charge on any atom is -0.387 e. The zero-order valence-electron chi connectivity index (χ0n) is 11.4. The molecule has 1 aromatic rings. The second-order valence-corrected chi connectivity index (χ2v) is 5.34. The van der Waals surface area contributed by atoms with Gasteiger partial charge in [-0.15, -0.1) is 0 Å². The molecule has 1 saturated heterocycles. The van der Waals surface area contributed by atoms with Crippen LogP contribution in [0.5, 0.6) is 0 Å². The van der Waals surface area contributed by atoms with Gasteiger partial charge in [-0.1, -0.05) is 17.7 Å². The molecule has 2 rings (SSSR count). The van der Waals surface area contributed by atoms with Gasteiger partial charge in [0.15, 0.2) is 0 Å². The Bertz CT molecular complexity index is 495. The van der Waals surface area contributed by atoms with E-state index in [-0.39, 0.29) is 23.6 Å². The van der Waals surface area contributed by atoms with Crippen LogP contribution in [0, 0.1) is 5.82 Å². The van der Waals surface area contributed by atoms with Crippen molar-refractivity contribution in [1.29, 1.82) is 0 Å². The average Bonchev–Trinajstić information content (AvgIpc) is 2.48. The van der Waals surface area contributed by atoms with Gasteiger partial charge in [-0.25, -0.2) is 9.18 Å². The summed E-state index contributed by atoms with van der Waals surface area (Å²) in [6.45, 7) is 1.27. The first-order valence-corrected chi connectivity index (χ1v) is 7.19. The Kier molecular flexibility index (Phi) is 5.78. The van der Waals surface area contributed by atoms with Gasteiger partial charge in [0.25, 0.3) is 0 Å². The van der Waals surface area contributed by atoms with Gasteiger partial charge in [0.1, 0.15) is 5.82 Å². The molecular formula is C14H18ClFN2O3. The van der Waals surface area contributed by atoms with Crippen molar-refractivity contribution >= 4 is 17.6 Å². The smallest absolute Gasteiger partial charge is 0.315 e. The summed E-state index contributed by atoms with van der Waals surface area (Å²) < 4.78 is 18.5. The van der Waals surface area contributed by atoms with Gasteiger partial charge in [0.2, 0.25) is 0 Å². The van der Waals surface area contributed by atoms with Crippen LogP contribution in [0.3, 0.4) is 0 Å². The normalized spacial score (nSPS) is 17.3. The van der Waals surface area contributed by atoms with E-state index < -0.39 is 11.9 Å². The zero-order valence-corrected chi connectivity index (χ0v) is 12.2. The van der Waals surface area contributed by atoms with Crippen LogP contribution in [-0.4, -0.2) is 36.9 Å². The number of aliphatic hydroxyl groups is 1. The number of carbonyl (C=O) groups is 1. The van der Waals surface area contributed by atoms with E-state index in [2.05, 4.69) is 10.6 Å². The topological polar surface area (TPSA) is 70.6 Å². The number of halogens is 2. The predicted octanol–water partition coefficient (Wildman–Crippen LogP) is 1.99. The highest BCUT2D eigenvalue weighted by atomic mass is 35.5. The third-order valence-corrected chi connectivity index (χ3v) is 3.65. The first kappa shape index (κ1) is 16.0. The van der Waals surface area contributed by atoms with Crippen LogP contribution >= 0.6 is 11.6 Å². The molecule has 3 N–H and O–H groups in total. The maximum Gasteiger partial charge on any atom is 0.315 e. The van der Waals surface area contributed by atoms with Crippen LogP contribution in [0.1, 0.15) is 24.5 Å². The maximum atomic E-state index is 13.3. The number of rotatable bonds is 4. The zero-order chi connectivity index (χ0) is 15.2. The Hall–Kier alpha value is -1.37. The number of amides is 2. The standard InChI is InChI=1S/C14H18ClFN2O3/c15-11-2-1-9(7-12(11)16)13(19)8-17-14(20)18-10-3-5-21-6-4-10/h1-2,7,10,13,19H,3-6,8H2,(H2,17,18,20). The third-order valence-electron chi connectivity index (χ3n) is 3.34. The van der Waals surface area contributed by atoms with Crippen molar-refractivity contribution in [1.82, 2.24) is 10.6 Å². The summed E-state index contributed by atoms with van der Waals surface area (Å²) >= 11 is 5.57. The molecule has 21 heavy (non-hydrogen) atoms. The molecule has 0 aliphatic carbocycles. The van der Waals surface area contributed by atoms with Crippen LogP contribution < -0.4 is 10.6 Å².